The maximum absolute atomic E-state index is 13.4. The van der Waals surface area contributed by atoms with E-state index in [-0.39, 0.29) is 17.5 Å². The first-order valence-corrected chi connectivity index (χ1v) is 11.0. The molecule has 0 saturated carbocycles. The Balaban J connectivity index is 1.53. The van der Waals surface area contributed by atoms with Crippen molar-refractivity contribution in [3.05, 3.63) is 41.8 Å². The normalized spacial score (nSPS) is 18.6. The molecular formula is C19H26FN3O4S. The molecule has 2 heterocycles. The predicted molar refractivity (Wildman–Crippen MR) is 101 cm³/mol. The highest BCUT2D eigenvalue weighted by Gasteiger charge is 2.30. The Hall–Kier alpha value is -1.84. The lowest BCUT2D eigenvalue weighted by Gasteiger charge is -2.31. The van der Waals surface area contributed by atoms with Crippen molar-refractivity contribution >= 4 is 10.0 Å². The van der Waals surface area contributed by atoms with Crippen molar-refractivity contribution in [3.8, 4) is 0 Å². The van der Waals surface area contributed by atoms with Gasteiger partial charge in [0.2, 0.25) is 15.9 Å². The fourth-order valence-corrected chi connectivity index (χ4v) is 4.72. The summed E-state index contributed by atoms with van der Waals surface area (Å²) in [6, 6.07) is 5.09. The van der Waals surface area contributed by atoms with Crippen molar-refractivity contribution in [2.45, 2.75) is 50.5 Å². The molecule has 0 N–H and O–H groups in total. The van der Waals surface area contributed by atoms with Gasteiger partial charge in [-0.05, 0) is 37.0 Å². The van der Waals surface area contributed by atoms with Gasteiger partial charge in [-0.1, -0.05) is 25.1 Å². The van der Waals surface area contributed by atoms with Crippen LogP contribution in [0.3, 0.4) is 0 Å². The number of halogens is 1. The van der Waals surface area contributed by atoms with Crippen molar-refractivity contribution < 1.29 is 22.1 Å². The van der Waals surface area contributed by atoms with Gasteiger partial charge in [0.05, 0.1) is 17.6 Å². The minimum Gasteiger partial charge on any atom is -0.376 e. The van der Waals surface area contributed by atoms with E-state index >= 15 is 0 Å². The molecule has 1 aliphatic rings. The van der Waals surface area contributed by atoms with E-state index in [2.05, 4.69) is 24.0 Å². The molecule has 0 amide bonds. The summed E-state index contributed by atoms with van der Waals surface area (Å²) in [6.45, 7) is 5.21. The van der Waals surface area contributed by atoms with Gasteiger partial charge in [-0.25, -0.2) is 12.8 Å². The van der Waals surface area contributed by atoms with Crippen molar-refractivity contribution in [1.82, 2.24) is 14.4 Å². The fourth-order valence-electron chi connectivity index (χ4n) is 3.18. The summed E-state index contributed by atoms with van der Waals surface area (Å²) >= 11 is 0. The molecule has 1 fully saturated rings. The first kappa shape index (κ1) is 20.9. The summed E-state index contributed by atoms with van der Waals surface area (Å²) < 4.78 is 51.3. The van der Waals surface area contributed by atoms with Crippen LogP contribution in [0.4, 0.5) is 4.39 Å². The van der Waals surface area contributed by atoms with Crippen LogP contribution in [0.2, 0.25) is 0 Å². The minimum absolute atomic E-state index is 0.0300. The maximum atomic E-state index is 13.4. The van der Waals surface area contributed by atoms with E-state index in [4.69, 9.17) is 9.26 Å². The number of piperidine rings is 1. The first-order chi connectivity index (χ1) is 13.3. The molecule has 1 atom stereocenters. The molecule has 1 aliphatic heterocycles. The highest BCUT2D eigenvalue weighted by Crippen LogP contribution is 2.22. The molecular weight excluding hydrogens is 385 g/mol. The van der Waals surface area contributed by atoms with Crippen LogP contribution in [-0.2, 0) is 27.6 Å². The second-order valence-corrected chi connectivity index (χ2v) is 9.35. The third-order valence-corrected chi connectivity index (χ3v) is 6.41. The van der Waals surface area contributed by atoms with Gasteiger partial charge in [-0.3, -0.25) is 0 Å². The molecule has 28 heavy (non-hydrogen) atoms. The molecule has 1 aromatic heterocycles. The molecule has 0 spiro atoms. The predicted octanol–water partition coefficient (Wildman–Crippen LogP) is 2.82. The summed E-state index contributed by atoms with van der Waals surface area (Å²) in [5.41, 5.74) is 0. The molecule has 2 aromatic rings. The van der Waals surface area contributed by atoms with Gasteiger partial charge in [0.15, 0.2) is 5.82 Å². The van der Waals surface area contributed by atoms with Crippen molar-refractivity contribution in [1.29, 1.82) is 0 Å². The SMILES string of the molecule is CC(C)Cc1nc(CCOC2CCCN(S(=O)(=O)c3cccc(F)c3)C2)no1. The standard InChI is InChI=1S/C19H26FN3O4S/c1-14(2)11-19-21-18(22-27-19)8-10-26-16-6-4-9-23(13-16)28(24,25)17-7-3-5-15(20)12-17/h3,5,7,12,14,16H,4,6,8-11,13H2,1-2H3. The molecule has 1 unspecified atom stereocenters. The van der Waals surface area contributed by atoms with Crippen LogP contribution in [0, 0.1) is 11.7 Å². The largest absolute Gasteiger partial charge is 0.376 e. The number of rotatable bonds is 8. The number of nitrogens with zero attached hydrogens (tertiary/aromatic N) is 3. The highest BCUT2D eigenvalue weighted by molar-refractivity contribution is 7.89. The number of benzene rings is 1. The quantitative estimate of drug-likeness (QED) is 0.664. The van der Waals surface area contributed by atoms with Crippen LogP contribution in [0.15, 0.2) is 33.7 Å². The average molecular weight is 411 g/mol. The van der Waals surface area contributed by atoms with E-state index in [0.717, 1.165) is 18.9 Å². The van der Waals surface area contributed by atoms with Gasteiger partial charge in [0.1, 0.15) is 5.82 Å². The topological polar surface area (TPSA) is 85.5 Å². The second kappa shape index (κ2) is 9.11. The summed E-state index contributed by atoms with van der Waals surface area (Å²) in [5, 5.41) is 3.95. The van der Waals surface area contributed by atoms with Gasteiger partial charge in [-0.2, -0.15) is 9.29 Å². The van der Waals surface area contributed by atoms with E-state index in [1.165, 1.54) is 22.5 Å². The zero-order valence-corrected chi connectivity index (χ0v) is 17.0. The Bertz CT molecular complexity index is 885. The summed E-state index contributed by atoms with van der Waals surface area (Å²) in [5.74, 6) is 1.09. The van der Waals surface area contributed by atoms with E-state index in [1.807, 2.05) is 0 Å². The molecule has 0 aliphatic carbocycles. The first-order valence-electron chi connectivity index (χ1n) is 9.53. The Morgan fingerprint density at radius 3 is 2.96 bits per heavy atom. The molecule has 3 rings (SSSR count). The van der Waals surface area contributed by atoms with E-state index in [0.29, 0.717) is 43.6 Å². The van der Waals surface area contributed by atoms with Crippen molar-refractivity contribution in [3.63, 3.8) is 0 Å². The van der Waals surface area contributed by atoms with Crippen LogP contribution >= 0.6 is 0 Å². The Kier molecular flexibility index (Phi) is 6.79. The molecule has 1 saturated heterocycles. The van der Waals surface area contributed by atoms with Crippen LogP contribution < -0.4 is 0 Å². The summed E-state index contributed by atoms with van der Waals surface area (Å²) in [7, 11) is -3.73. The Morgan fingerprint density at radius 2 is 2.21 bits per heavy atom. The monoisotopic (exact) mass is 411 g/mol. The van der Waals surface area contributed by atoms with Gasteiger partial charge >= 0.3 is 0 Å². The average Bonchev–Trinajstić information content (AvgIpc) is 3.08. The van der Waals surface area contributed by atoms with Crippen molar-refractivity contribution in [2.24, 2.45) is 5.92 Å². The molecule has 1 aromatic carbocycles. The number of hydrogen-bond acceptors (Lipinski definition) is 6. The van der Waals surface area contributed by atoms with Gasteiger partial charge in [-0.15, -0.1) is 0 Å². The van der Waals surface area contributed by atoms with E-state index in [9.17, 15) is 12.8 Å². The lowest BCUT2D eigenvalue weighted by atomic mass is 10.1. The van der Waals surface area contributed by atoms with Crippen LogP contribution in [0.25, 0.3) is 0 Å². The molecule has 7 nitrogen and oxygen atoms in total. The molecule has 0 bridgehead atoms. The smallest absolute Gasteiger partial charge is 0.243 e. The zero-order chi connectivity index (χ0) is 20.1. The van der Waals surface area contributed by atoms with Gasteiger partial charge in [0.25, 0.3) is 0 Å². The highest BCUT2D eigenvalue weighted by atomic mass is 32.2. The lowest BCUT2D eigenvalue weighted by molar-refractivity contribution is 0.0199. The maximum Gasteiger partial charge on any atom is 0.243 e. The lowest BCUT2D eigenvalue weighted by Crippen LogP contribution is -2.43. The Morgan fingerprint density at radius 1 is 1.39 bits per heavy atom. The summed E-state index contributed by atoms with van der Waals surface area (Å²) in [6.07, 6.45) is 2.51. The van der Waals surface area contributed by atoms with Crippen LogP contribution in [0.5, 0.6) is 0 Å². The minimum atomic E-state index is -3.73. The van der Waals surface area contributed by atoms with Gasteiger partial charge in [0, 0.05) is 25.9 Å². The van der Waals surface area contributed by atoms with Crippen LogP contribution in [-0.4, -0.2) is 48.7 Å². The number of hydrogen-bond donors (Lipinski definition) is 0. The van der Waals surface area contributed by atoms with Crippen LogP contribution in [0.1, 0.15) is 38.4 Å². The molecule has 9 heteroatoms. The third kappa shape index (κ3) is 5.36. The number of ether oxygens (including phenoxy) is 1. The Labute approximate surface area is 164 Å². The summed E-state index contributed by atoms with van der Waals surface area (Å²) in [4.78, 5) is 4.31. The van der Waals surface area contributed by atoms with Crippen molar-refractivity contribution in [2.75, 3.05) is 19.7 Å². The van der Waals surface area contributed by atoms with Gasteiger partial charge < -0.3 is 9.26 Å². The molecule has 154 valence electrons. The fraction of sp³-hybridized carbons (Fsp3) is 0.579. The number of sulfonamides is 1. The zero-order valence-electron chi connectivity index (χ0n) is 16.2. The number of aromatic nitrogens is 2. The second-order valence-electron chi connectivity index (χ2n) is 7.41. The molecule has 0 radical (unpaired) electrons. The third-order valence-electron chi connectivity index (χ3n) is 4.55. The van der Waals surface area contributed by atoms with E-state index in [1.54, 1.807) is 0 Å². The van der Waals surface area contributed by atoms with E-state index < -0.39 is 15.8 Å².